The van der Waals surface area contributed by atoms with Gasteiger partial charge in [0.2, 0.25) is 5.91 Å². The lowest BCUT2D eigenvalue weighted by molar-refractivity contribution is -0.124. The van der Waals surface area contributed by atoms with E-state index in [4.69, 9.17) is 5.11 Å². The highest BCUT2D eigenvalue weighted by molar-refractivity contribution is 5.77. The van der Waals surface area contributed by atoms with Gasteiger partial charge in [0.05, 0.1) is 12.1 Å². The number of carbonyl (C=O) groups excluding carboxylic acids is 1. The van der Waals surface area contributed by atoms with Crippen LogP contribution in [0.25, 0.3) is 0 Å². The highest BCUT2D eigenvalue weighted by atomic mass is 16.3. The summed E-state index contributed by atoms with van der Waals surface area (Å²) in [5.74, 6) is 0.665. The number of aliphatic hydroxyl groups is 1. The quantitative estimate of drug-likeness (QED) is 0.688. The van der Waals surface area contributed by atoms with E-state index < -0.39 is 5.54 Å². The smallest absolute Gasteiger partial charge is 0.220 e. The number of amides is 1. The molecular weight excluding hydrogens is 166 g/mol. The van der Waals surface area contributed by atoms with Crippen LogP contribution in [0.4, 0.5) is 0 Å². The number of aliphatic hydroxyl groups excluding tert-OH is 1. The van der Waals surface area contributed by atoms with E-state index in [9.17, 15) is 4.79 Å². The first-order valence-corrected chi connectivity index (χ1v) is 4.95. The van der Waals surface area contributed by atoms with Crippen molar-refractivity contribution in [3.8, 4) is 0 Å². The molecule has 1 fully saturated rings. The molecule has 0 radical (unpaired) electrons. The standard InChI is InChI=1S/C10H19NO2/c1-10(2,7-12)11-9(13)6-8-4-3-5-8/h8,12H,3-7H2,1-2H3,(H,11,13). The highest BCUT2D eigenvalue weighted by Crippen LogP contribution is 2.29. The van der Waals surface area contributed by atoms with Crippen molar-refractivity contribution in [2.24, 2.45) is 5.92 Å². The van der Waals surface area contributed by atoms with Crippen LogP contribution in [0.1, 0.15) is 39.5 Å². The Hall–Kier alpha value is -0.570. The van der Waals surface area contributed by atoms with Gasteiger partial charge in [0, 0.05) is 6.42 Å². The van der Waals surface area contributed by atoms with Gasteiger partial charge in [-0.15, -0.1) is 0 Å². The molecule has 1 aliphatic carbocycles. The lowest BCUT2D eigenvalue weighted by Gasteiger charge is -2.28. The minimum atomic E-state index is -0.471. The van der Waals surface area contributed by atoms with Crippen molar-refractivity contribution in [1.82, 2.24) is 5.32 Å². The summed E-state index contributed by atoms with van der Waals surface area (Å²) in [6.45, 7) is 3.64. The summed E-state index contributed by atoms with van der Waals surface area (Å²) >= 11 is 0. The monoisotopic (exact) mass is 185 g/mol. The summed E-state index contributed by atoms with van der Waals surface area (Å²) in [5.41, 5.74) is -0.471. The molecular formula is C10H19NO2. The van der Waals surface area contributed by atoms with Crippen molar-refractivity contribution in [3.05, 3.63) is 0 Å². The van der Waals surface area contributed by atoms with E-state index >= 15 is 0 Å². The summed E-state index contributed by atoms with van der Waals surface area (Å²) in [6.07, 6.45) is 4.27. The van der Waals surface area contributed by atoms with Crippen LogP contribution in [0.2, 0.25) is 0 Å². The molecule has 0 unspecified atom stereocenters. The fourth-order valence-electron chi connectivity index (χ4n) is 1.43. The van der Waals surface area contributed by atoms with Crippen molar-refractivity contribution in [2.75, 3.05) is 6.61 Å². The first kappa shape index (κ1) is 10.5. The van der Waals surface area contributed by atoms with Crippen molar-refractivity contribution < 1.29 is 9.90 Å². The Morgan fingerprint density at radius 2 is 2.15 bits per heavy atom. The second-order valence-corrected chi connectivity index (χ2v) is 4.59. The molecule has 1 saturated carbocycles. The van der Waals surface area contributed by atoms with Crippen LogP contribution in [-0.4, -0.2) is 23.2 Å². The Morgan fingerprint density at radius 1 is 1.54 bits per heavy atom. The summed E-state index contributed by atoms with van der Waals surface area (Å²) in [7, 11) is 0. The minimum Gasteiger partial charge on any atom is -0.394 e. The fraction of sp³-hybridized carbons (Fsp3) is 0.900. The van der Waals surface area contributed by atoms with Gasteiger partial charge in [-0.25, -0.2) is 0 Å². The average molecular weight is 185 g/mol. The molecule has 3 nitrogen and oxygen atoms in total. The average Bonchev–Trinajstić information content (AvgIpc) is 1.96. The molecule has 0 saturated heterocycles. The number of carbonyl (C=O) groups is 1. The summed E-state index contributed by atoms with van der Waals surface area (Å²) in [4.78, 5) is 11.4. The molecule has 76 valence electrons. The van der Waals surface area contributed by atoms with Gasteiger partial charge in [-0.2, -0.15) is 0 Å². The van der Waals surface area contributed by atoms with E-state index in [1.807, 2.05) is 13.8 Å². The van der Waals surface area contributed by atoms with Crippen molar-refractivity contribution in [3.63, 3.8) is 0 Å². The maximum Gasteiger partial charge on any atom is 0.220 e. The molecule has 0 aromatic rings. The Balaban J connectivity index is 2.23. The summed E-state index contributed by atoms with van der Waals surface area (Å²) < 4.78 is 0. The lowest BCUT2D eigenvalue weighted by atomic mass is 9.82. The SMILES string of the molecule is CC(C)(CO)NC(=O)CC1CCC1. The molecule has 1 aliphatic rings. The molecule has 1 rings (SSSR count). The van der Waals surface area contributed by atoms with Gasteiger partial charge < -0.3 is 10.4 Å². The van der Waals surface area contributed by atoms with E-state index in [1.165, 1.54) is 19.3 Å². The first-order chi connectivity index (χ1) is 6.03. The third kappa shape index (κ3) is 3.35. The zero-order valence-corrected chi connectivity index (χ0v) is 8.47. The zero-order chi connectivity index (χ0) is 9.90. The Morgan fingerprint density at radius 3 is 2.54 bits per heavy atom. The summed E-state index contributed by atoms with van der Waals surface area (Å²) in [5, 5.41) is 11.7. The topological polar surface area (TPSA) is 49.3 Å². The van der Waals surface area contributed by atoms with E-state index in [1.54, 1.807) is 0 Å². The van der Waals surface area contributed by atoms with Crippen LogP contribution >= 0.6 is 0 Å². The molecule has 0 aromatic carbocycles. The van der Waals surface area contributed by atoms with Gasteiger partial charge in [-0.3, -0.25) is 4.79 Å². The highest BCUT2D eigenvalue weighted by Gasteiger charge is 2.24. The molecule has 0 aromatic heterocycles. The van der Waals surface area contributed by atoms with Crippen LogP contribution in [0.5, 0.6) is 0 Å². The van der Waals surface area contributed by atoms with Crippen molar-refractivity contribution >= 4 is 5.91 Å². The molecule has 0 aliphatic heterocycles. The number of rotatable bonds is 4. The zero-order valence-electron chi connectivity index (χ0n) is 8.47. The van der Waals surface area contributed by atoms with Gasteiger partial charge in [0.1, 0.15) is 0 Å². The van der Waals surface area contributed by atoms with Crippen LogP contribution in [0.15, 0.2) is 0 Å². The lowest BCUT2D eigenvalue weighted by Crippen LogP contribution is -2.46. The number of hydrogen-bond donors (Lipinski definition) is 2. The van der Waals surface area contributed by atoms with Gasteiger partial charge in [-0.05, 0) is 32.6 Å². The van der Waals surface area contributed by atoms with E-state index in [-0.39, 0.29) is 12.5 Å². The molecule has 0 spiro atoms. The maximum atomic E-state index is 11.4. The van der Waals surface area contributed by atoms with E-state index in [0.717, 1.165) is 0 Å². The maximum absolute atomic E-state index is 11.4. The van der Waals surface area contributed by atoms with Crippen molar-refractivity contribution in [1.29, 1.82) is 0 Å². The molecule has 0 heterocycles. The predicted molar refractivity (Wildman–Crippen MR) is 51.3 cm³/mol. The van der Waals surface area contributed by atoms with Gasteiger partial charge in [0.25, 0.3) is 0 Å². The minimum absolute atomic E-state index is 0.0105. The van der Waals surface area contributed by atoms with Crippen molar-refractivity contribution in [2.45, 2.75) is 45.1 Å². The first-order valence-electron chi connectivity index (χ1n) is 4.95. The predicted octanol–water partition coefficient (Wildman–Crippen LogP) is 1.06. The molecule has 0 bridgehead atoms. The Bertz CT molecular complexity index is 185. The van der Waals surface area contributed by atoms with Crippen LogP contribution in [0.3, 0.4) is 0 Å². The fourth-order valence-corrected chi connectivity index (χ4v) is 1.43. The number of nitrogens with one attached hydrogen (secondary N) is 1. The van der Waals surface area contributed by atoms with Gasteiger partial charge >= 0.3 is 0 Å². The van der Waals surface area contributed by atoms with E-state index in [2.05, 4.69) is 5.32 Å². The third-order valence-corrected chi connectivity index (χ3v) is 2.57. The van der Waals surface area contributed by atoms with E-state index in [0.29, 0.717) is 12.3 Å². The number of hydrogen-bond acceptors (Lipinski definition) is 2. The van der Waals surface area contributed by atoms with Crippen LogP contribution < -0.4 is 5.32 Å². The third-order valence-electron chi connectivity index (χ3n) is 2.57. The molecule has 0 atom stereocenters. The second-order valence-electron chi connectivity index (χ2n) is 4.59. The molecule has 13 heavy (non-hydrogen) atoms. The Kier molecular flexibility index (Phi) is 3.31. The van der Waals surface area contributed by atoms with Crippen LogP contribution in [0, 0.1) is 5.92 Å². The van der Waals surface area contributed by atoms with Crippen LogP contribution in [-0.2, 0) is 4.79 Å². The molecule has 1 amide bonds. The largest absolute Gasteiger partial charge is 0.394 e. The summed E-state index contributed by atoms with van der Waals surface area (Å²) in [6, 6.07) is 0. The molecule has 2 N–H and O–H groups in total. The molecule has 3 heteroatoms. The second kappa shape index (κ2) is 4.09. The van der Waals surface area contributed by atoms with Gasteiger partial charge in [0.15, 0.2) is 0 Å². The Labute approximate surface area is 79.5 Å². The normalized spacial score (nSPS) is 18.1. The van der Waals surface area contributed by atoms with Gasteiger partial charge in [-0.1, -0.05) is 6.42 Å².